The first-order valence-electron chi connectivity index (χ1n) is 7.17. The van der Waals surface area contributed by atoms with E-state index in [0.29, 0.717) is 11.5 Å². The van der Waals surface area contributed by atoms with E-state index < -0.39 is 17.1 Å². The number of rotatable bonds is 3. The van der Waals surface area contributed by atoms with Crippen molar-refractivity contribution in [3.05, 3.63) is 80.6 Å². The summed E-state index contributed by atoms with van der Waals surface area (Å²) in [5.74, 6) is -0.0985. The van der Waals surface area contributed by atoms with Gasteiger partial charge in [-0.25, -0.2) is 19.3 Å². The topological polar surface area (TPSA) is 100 Å². The van der Waals surface area contributed by atoms with Gasteiger partial charge in [0, 0.05) is 12.4 Å². The Kier molecular flexibility index (Phi) is 4.07. The fourth-order valence-corrected chi connectivity index (χ4v) is 2.22. The highest BCUT2D eigenvalue weighted by molar-refractivity contribution is 5.83. The lowest BCUT2D eigenvalue weighted by Gasteiger charge is -2.10. The van der Waals surface area contributed by atoms with E-state index in [0.717, 1.165) is 10.1 Å². The molecule has 0 fully saturated rings. The molecule has 2 aromatic heterocycles. The van der Waals surface area contributed by atoms with Crippen LogP contribution in [0.1, 0.15) is 11.1 Å². The molecule has 0 saturated carbocycles. The van der Waals surface area contributed by atoms with Crippen LogP contribution in [0.15, 0.2) is 63.2 Å². The molecule has 0 aliphatic rings. The van der Waals surface area contributed by atoms with Crippen LogP contribution in [0.5, 0.6) is 5.88 Å². The van der Waals surface area contributed by atoms with Crippen molar-refractivity contribution >= 4 is 12.0 Å². The third-order valence-corrected chi connectivity index (χ3v) is 3.36. The Hall–Kier alpha value is -3.48. The molecule has 0 radical (unpaired) electrons. The fourth-order valence-electron chi connectivity index (χ4n) is 2.22. The van der Waals surface area contributed by atoms with E-state index >= 15 is 0 Å². The molecule has 2 N–H and O–H groups in total. The Morgan fingerprint density at radius 2 is 2.04 bits per heavy atom. The average molecular weight is 322 g/mol. The van der Waals surface area contributed by atoms with Crippen LogP contribution < -0.4 is 11.2 Å². The number of hydrogen-bond donors (Lipinski definition) is 2. The number of nitrogens with zero attached hydrogens (tertiary/aromatic N) is 3. The van der Waals surface area contributed by atoms with Gasteiger partial charge in [-0.3, -0.25) is 9.78 Å². The van der Waals surface area contributed by atoms with Crippen LogP contribution >= 0.6 is 0 Å². The van der Waals surface area contributed by atoms with Gasteiger partial charge in [-0.15, -0.1) is 0 Å². The van der Waals surface area contributed by atoms with Crippen molar-refractivity contribution in [3.8, 4) is 11.6 Å². The number of aromatic amines is 1. The standard InChI is InChI=1S/C17H14N4O3/c1-11-5-4-6-12(9-11)21-16(23)13(15(22)20-17(21)24)10-19-14-7-2-3-8-18-14/h2-10,23H,1H3,(H,20,22,24). The second kappa shape index (κ2) is 6.33. The number of aromatic hydroxyl groups is 1. The maximum Gasteiger partial charge on any atom is 0.335 e. The highest BCUT2D eigenvalue weighted by atomic mass is 16.3. The molecule has 0 amide bonds. The Morgan fingerprint density at radius 1 is 1.21 bits per heavy atom. The number of hydrogen-bond acceptors (Lipinski definition) is 5. The Morgan fingerprint density at radius 3 is 2.75 bits per heavy atom. The quantitative estimate of drug-likeness (QED) is 0.717. The van der Waals surface area contributed by atoms with Crippen LogP contribution in [0.3, 0.4) is 0 Å². The van der Waals surface area contributed by atoms with Crippen LogP contribution in [0.25, 0.3) is 5.69 Å². The molecule has 0 bridgehead atoms. The third kappa shape index (κ3) is 3.00. The van der Waals surface area contributed by atoms with Gasteiger partial charge in [-0.2, -0.15) is 0 Å². The van der Waals surface area contributed by atoms with E-state index in [1.807, 2.05) is 13.0 Å². The monoisotopic (exact) mass is 322 g/mol. The minimum absolute atomic E-state index is 0.123. The molecule has 1 aromatic carbocycles. The van der Waals surface area contributed by atoms with Gasteiger partial charge in [-0.1, -0.05) is 18.2 Å². The maximum absolute atomic E-state index is 12.1. The van der Waals surface area contributed by atoms with Gasteiger partial charge in [0.1, 0.15) is 5.56 Å². The summed E-state index contributed by atoms with van der Waals surface area (Å²) in [6.07, 6.45) is 2.74. The van der Waals surface area contributed by atoms with Crippen LogP contribution in [0.4, 0.5) is 5.82 Å². The Balaban J connectivity index is 2.15. The molecule has 7 nitrogen and oxygen atoms in total. The van der Waals surface area contributed by atoms with E-state index in [-0.39, 0.29) is 5.56 Å². The van der Waals surface area contributed by atoms with Gasteiger partial charge in [0.25, 0.3) is 5.56 Å². The predicted octanol–water partition coefficient (Wildman–Crippen LogP) is 1.69. The summed E-state index contributed by atoms with van der Waals surface area (Å²) in [7, 11) is 0. The van der Waals surface area contributed by atoms with Crippen LogP contribution in [0.2, 0.25) is 0 Å². The van der Waals surface area contributed by atoms with Gasteiger partial charge >= 0.3 is 5.69 Å². The van der Waals surface area contributed by atoms with Crippen LogP contribution in [0, 0.1) is 6.92 Å². The maximum atomic E-state index is 12.1. The summed E-state index contributed by atoms with van der Waals surface area (Å²) in [6.45, 7) is 1.86. The molecule has 120 valence electrons. The number of pyridine rings is 1. The van der Waals surface area contributed by atoms with Crippen LogP contribution in [-0.2, 0) is 0 Å². The molecule has 0 atom stereocenters. The zero-order valence-corrected chi connectivity index (χ0v) is 12.8. The summed E-state index contributed by atoms with van der Waals surface area (Å²) in [5.41, 5.74) is -0.212. The number of aliphatic imine (C=N–C) groups is 1. The molecule has 0 saturated heterocycles. The van der Waals surface area contributed by atoms with Crippen molar-refractivity contribution in [1.82, 2.24) is 14.5 Å². The molecule has 0 spiro atoms. The van der Waals surface area contributed by atoms with E-state index in [9.17, 15) is 14.7 Å². The number of nitrogens with one attached hydrogen (secondary N) is 1. The minimum atomic E-state index is -0.724. The number of H-pyrrole nitrogens is 1. The molecule has 3 aromatic rings. The highest BCUT2D eigenvalue weighted by Crippen LogP contribution is 2.16. The molecule has 24 heavy (non-hydrogen) atoms. The first kappa shape index (κ1) is 15.4. The predicted molar refractivity (Wildman–Crippen MR) is 90.6 cm³/mol. The zero-order chi connectivity index (χ0) is 17.1. The van der Waals surface area contributed by atoms with Crippen LogP contribution in [-0.4, -0.2) is 25.9 Å². The molecule has 7 heteroatoms. The average Bonchev–Trinajstić information content (AvgIpc) is 2.55. The summed E-state index contributed by atoms with van der Waals surface area (Å²) in [4.78, 5) is 34.3. The van der Waals surface area contributed by atoms with E-state index in [1.54, 1.807) is 42.6 Å². The van der Waals surface area contributed by atoms with Crippen molar-refractivity contribution in [2.24, 2.45) is 4.99 Å². The Labute approximate surface area is 136 Å². The van der Waals surface area contributed by atoms with Crippen molar-refractivity contribution < 1.29 is 5.11 Å². The van der Waals surface area contributed by atoms with Gasteiger partial charge in [0.2, 0.25) is 5.88 Å². The van der Waals surface area contributed by atoms with Crippen molar-refractivity contribution in [2.75, 3.05) is 0 Å². The highest BCUT2D eigenvalue weighted by Gasteiger charge is 2.14. The summed E-state index contributed by atoms with van der Waals surface area (Å²) in [6, 6.07) is 12.1. The molecule has 2 heterocycles. The van der Waals surface area contributed by atoms with Gasteiger partial charge < -0.3 is 5.11 Å². The molecule has 0 aliphatic carbocycles. The molecule has 0 aliphatic heterocycles. The summed E-state index contributed by atoms with van der Waals surface area (Å²) < 4.78 is 1.02. The largest absolute Gasteiger partial charge is 0.493 e. The number of aryl methyl sites for hydroxylation is 1. The molecular weight excluding hydrogens is 308 g/mol. The summed E-state index contributed by atoms with van der Waals surface area (Å²) >= 11 is 0. The van der Waals surface area contributed by atoms with Gasteiger partial charge in [0.15, 0.2) is 5.82 Å². The van der Waals surface area contributed by atoms with Crippen molar-refractivity contribution in [1.29, 1.82) is 0 Å². The van der Waals surface area contributed by atoms with Crippen molar-refractivity contribution in [2.45, 2.75) is 6.92 Å². The normalized spacial score (nSPS) is 11.0. The smallest absolute Gasteiger partial charge is 0.335 e. The lowest BCUT2D eigenvalue weighted by Crippen LogP contribution is -2.31. The third-order valence-electron chi connectivity index (χ3n) is 3.36. The number of aromatic nitrogens is 3. The fraction of sp³-hybridized carbons (Fsp3) is 0.0588. The van der Waals surface area contributed by atoms with Gasteiger partial charge in [0.05, 0.1) is 5.69 Å². The second-order valence-corrected chi connectivity index (χ2v) is 5.12. The van der Waals surface area contributed by atoms with E-state index in [4.69, 9.17) is 0 Å². The van der Waals surface area contributed by atoms with E-state index in [1.165, 1.54) is 6.21 Å². The zero-order valence-electron chi connectivity index (χ0n) is 12.8. The van der Waals surface area contributed by atoms with Crippen molar-refractivity contribution in [3.63, 3.8) is 0 Å². The molecular formula is C17H14N4O3. The SMILES string of the molecule is Cc1cccc(-n2c(O)c(C=Nc3ccccn3)c(=O)[nH]c2=O)c1. The molecule has 0 unspecified atom stereocenters. The second-order valence-electron chi connectivity index (χ2n) is 5.12. The first-order chi connectivity index (χ1) is 11.6. The number of benzene rings is 1. The summed E-state index contributed by atoms with van der Waals surface area (Å²) in [5, 5.41) is 10.4. The lowest BCUT2D eigenvalue weighted by atomic mass is 10.2. The van der Waals surface area contributed by atoms with E-state index in [2.05, 4.69) is 15.0 Å². The van der Waals surface area contributed by atoms with Gasteiger partial charge in [-0.05, 0) is 36.8 Å². The Bertz CT molecular complexity index is 1020. The molecule has 3 rings (SSSR count). The minimum Gasteiger partial charge on any atom is -0.493 e. The first-order valence-corrected chi connectivity index (χ1v) is 7.17. The lowest BCUT2D eigenvalue weighted by molar-refractivity contribution is 0.430.